The molecule has 1 saturated carbocycles. The van der Waals surface area contributed by atoms with E-state index in [2.05, 4.69) is 70.7 Å². The standard InChI is InChI=1S/C30H44N6S/c1-23-11-9-17-35(20-23)26-19-27(36-18-10-12-24(2)21-36)33-28(32-26)34-29(37)31-22-30(15-7-4-8-16-30)25-13-5-3-6-14-25/h3,5-6,13-14,19,23-24H,4,7-12,15-18,20-22H2,1-2H3,(H2,31,32,33,34,37)/t23-,24-/m1/s1. The number of nitrogens with one attached hydrogen (secondary N) is 2. The number of benzene rings is 1. The van der Waals surface area contributed by atoms with Crippen LogP contribution in [0.2, 0.25) is 0 Å². The minimum absolute atomic E-state index is 0.132. The molecule has 7 heteroatoms. The maximum atomic E-state index is 5.81. The summed E-state index contributed by atoms with van der Waals surface area (Å²) in [6.07, 6.45) is 11.3. The molecule has 0 radical (unpaired) electrons. The summed E-state index contributed by atoms with van der Waals surface area (Å²) in [6.45, 7) is 9.73. The highest BCUT2D eigenvalue weighted by Gasteiger charge is 2.34. The Balaban J connectivity index is 1.33. The molecule has 3 fully saturated rings. The molecule has 3 aliphatic rings. The Morgan fingerprint density at radius 3 is 2.05 bits per heavy atom. The van der Waals surface area contributed by atoms with Crippen molar-refractivity contribution in [1.29, 1.82) is 0 Å². The van der Waals surface area contributed by atoms with Gasteiger partial charge in [0.25, 0.3) is 0 Å². The summed E-state index contributed by atoms with van der Waals surface area (Å²) in [6, 6.07) is 13.2. The van der Waals surface area contributed by atoms with Crippen LogP contribution in [0, 0.1) is 11.8 Å². The highest BCUT2D eigenvalue weighted by atomic mass is 32.1. The van der Waals surface area contributed by atoms with E-state index < -0.39 is 0 Å². The van der Waals surface area contributed by atoms with Gasteiger partial charge in [-0.2, -0.15) is 9.97 Å². The zero-order valence-corrected chi connectivity index (χ0v) is 23.5. The van der Waals surface area contributed by atoms with Gasteiger partial charge in [0, 0.05) is 44.2 Å². The van der Waals surface area contributed by atoms with Crippen molar-refractivity contribution in [1.82, 2.24) is 15.3 Å². The SMILES string of the molecule is C[C@@H]1CCCN(c2cc(N3CCC[C@@H](C)C3)nc(NC(=S)NCC3(c4ccccc4)CCCCC3)n2)C1. The Kier molecular flexibility index (Phi) is 8.48. The normalized spacial score (nSPS) is 23.9. The van der Waals surface area contributed by atoms with Crippen LogP contribution in [0.25, 0.3) is 0 Å². The van der Waals surface area contributed by atoms with Crippen molar-refractivity contribution in [2.24, 2.45) is 11.8 Å². The van der Waals surface area contributed by atoms with E-state index in [1.165, 1.54) is 63.4 Å². The van der Waals surface area contributed by atoms with Crippen molar-refractivity contribution in [2.75, 3.05) is 47.8 Å². The molecule has 0 spiro atoms. The topological polar surface area (TPSA) is 56.3 Å². The van der Waals surface area contributed by atoms with Gasteiger partial charge in [-0.05, 0) is 68.1 Å². The number of anilines is 3. The molecular formula is C30H44N6S. The van der Waals surface area contributed by atoms with Gasteiger partial charge in [-0.3, -0.25) is 0 Å². The first kappa shape index (κ1) is 26.2. The van der Waals surface area contributed by atoms with Gasteiger partial charge in [0.1, 0.15) is 11.6 Å². The second kappa shape index (κ2) is 12.0. The summed E-state index contributed by atoms with van der Waals surface area (Å²) < 4.78 is 0. The van der Waals surface area contributed by atoms with E-state index in [4.69, 9.17) is 22.2 Å². The number of hydrogen-bond acceptors (Lipinski definition) is 5. The first-order valence-electron chi connectivity index (χ1n) is 14.5. The second-order valence-electron chi connectivity index (χ2n) is 11.8. The molecule has 2 N–H and O–H groups in total. The highest BCUT2D eigenvalue weighted by Crippen LogP contribution is 2.39. The van der Waals surface area contributed by atoms with Crippen LogP contribution in [0.4, 0.5) is 17.6 Å². The average Bonchev–Trinajstić information content (AvgIpc) is 2.93. The van der Waals surface area contributed by atoms with Gasteiger partial charge in [0.05, 0.1) is 0 Å². The first-order valence-corrected chi connectivity index (χ1v) is 14.9. The zero-order valence-electron chi connectivity index (χ0n) is 22.7. The van der Waals surface area contributed by atoms with E-state index in [0.717, 1.165) is 44.4 Å². The molecule has 1 aliphatic carbocycles. The summed E-state index contributed by atoms with van der Waals surface area (Å²) >= 11 is 5.81. The summed E-state index contributed by atoms with van der Waals surface area (Å²) in [5.41, 5.74) is 1.55. The minimum Gasteiger partial charge on any atom is -0.361 e. The lowest BCUT2D eigenvalue weighted by Gasteiger charge is -2.38. The van der Waals surface area contributed by atoms with Crippen LogP contribution in [-0.4, -0.2) is 47.8 Å². The molecule has 5 rings (SSSR count). The second-order valence-corrected chi connectivity index (χ2v) is 12.2. The fourth-order valence-corrected chi connectivity index (χ4v) is 6.74. The van der Waals surface area contributed by atoms with Gasteiger partial charge in [-0.15, -0.1) is 0 Å². The minimum atomic E-state index is 0.132. The smallest absolute Gasteiger partial charge is 0.232 e. The third-order valence-corrected chi connectivity index (χ3v) is 8.92. The first-order chi connectivity index (χ1) is 18.0. The number of rotatable bonds is 6. The molecule has 0 unspecified atom stereocenters. The molecule has 6 nitrogen and oxygen atoms in total. The van der Waals surface area contributed by atoms with Crippen LogP contribution < -0.4 is 20.4 Å². The molecule has 0 bridgehead atoms. The third kappa shape index (κ3) is 6.54. The van der Waals surface area contributed by atoms with E-state index in [-0.39, 0.29) is 5.41 Å². The highest BCUT2D eigenvalue weighted by molar-refractivity contribution is 7.80. The Labute approximate surface area is 228 Å². The van der Waals surface area contributed by atoms with E-state index in [0.29, 0.717) is 22.9 Å². The molecule has 200 valence electrons. The number of thiocarbonyl (C=S) groups is 1. The molecule has 2 atom stereocenters. The van der Waals surface area contributed by atoms with Crippen LogP contribution in [0.15, 0.2) is 36.4 Å². The Morgan fingerprint density at radius 1 is 0.892 bits per heavy atom. The van der Waals surface area contributed by atoms with Crippen LogP contribution in [0.5, 0.6) is 0 Å². The van der Waals surface area contributed by atoms with E-state index in [1.807, 2.05) is 0 Å². The Morgan fingerprint density at radius 2 is 1.49 bits per heavy atom. The molecule has 2 saturated heterocycles. The Bertz CT molecular complexity index is 997. The molecule has 1 aromatic heterocycles. The van der Waals surface area contributed by atoms with Crippen LogP contribution in [0.1, 0.15) is 77.2 Å². The van der Waals surface area contributed by atoms with Gasteiger partial charge in [-0.25, -0.2) is 0 Å². The fraction of sp³-hybridized carbons (Fsp3) is 0.633. The molecule has 2 aromatic rings. The molecule has 3 heterocycles. The van der Waals surface area contributed by atoms with Crippen molar-refractivity contribution in [2.45, 2.75) is 77.0 Å². The fourth-order valence-electron chi connectivity index (χ4n) is 6.58. The van der Waals surface area contributed by atoms with Crippen LogP contribution in [-0.2, 0) is 5.41 Å². The van der Waals surface area contributed by atoms with Gasteiger partial charge in [-0.1, -0.05) is 63.4 Å². The summed E-state index contributed by atoms with van der Waals surface area (Å²) in [5.74, 6) is 4.03. The summed E-state index contributed by atoms with van der Waals surface area (Å²) in [7, 11) is 0. The number of nitrogens with zero attached hydrogens (tertiary/aromatic N) is 4. The molecule has 0 amide bonds. The maximum absolute atomic E-state index is 5.81. The number of piperidine rings is 2. The van der Waals surface area contributed by atoms with Gasteiger partial charge in [0.2, 0.25) is 5.95 Å². The summed E-state index contributed by atoms with van der Waals surface area (Å²) in [4.78, 5) is 14.8. The third-order valence-electron chi connectivity index (χ3n) is 8.67. The maximum Gasteiger partial charge on any atom is 0.232 e. The molecule has 1 aromatic carbocycles. The van der Waals surface area contributed by atoms with Crippen molar-refractivity contribution in [3.05, 3.63) is 42.0 Å². The van der Waals surface area contributed by atoms with Crippen LogP contribution in [0.3, 0.4) is 0 Å². The lowest BCUT2D eigenvalue weighted by atomic mass is 9.69. The van der Waals surface area contributed by atoms with E-state index >= 15 is 0 Å². The molecule has 2 aliphatic heterocycles. The zero-order chi connectivity index (χ0) is 25.7. The monoisotopic (exact) mass is 520 g/mol. The summed E-state index contributed by atoms with van der Waals surface area (Å²) in [5, 5.41) is 7.56. The molecule has 37 heavy (non-hydrogen) atoms. The van der Waals surface area contributed by atoms with E-state index in [1.54, 1.807) is 0 Å². The van der Waals surface area contributed by atoms with E-state index in [9.17, 15) is 0 Å². The quantitative estimate of drug-likeness (QED) is 0.444. The largest absolute Gasteiger partial charge is 0.361 e. The van der Waals surface area contributed by atoms with Crippen molar-refractivity contribution in [3.8, 4) is 0 Å². The van der Waals surface area contributed by atoms with Gasteiger partial charge in [0.15, 0.2) is 5.11 Å². The molecular weight excluding hydrogens is 476 g/mol. The van der Waals surface area contributed by atoms with Crippen molar-refractivity contribution in [3.63, 3.8) is 0 Å². The van der Waals surface area contributed by atoms with Gasteiger partial charge < -0.3 is 20.4 Å². The van der Waals surface area contributed by atoms with Crippen molar-refractivity contribution >= 4 is 34.9 Å². The number of aromatic nitrogens is 2. The average molecular weight is 521 g/mol. The van der Waals surface area contributed by atoms with Gasteiger partial charge >= 0.3 is 0 Å². The predicted octanol–water partition coefficient (Wildman–Crippen LogP) is 6.14. The van der Waals surface area contributed by atoms with Crippen molar-refractivity contribution < 1.29 is 0 Å². The number of hydrogen-bond donors (Lipinski definition) is 2. The Hall–Kier alpha value is -2.41. The predicted molar refractivity (Wildman–Crippen MR) is 159 cm³/mol. The van der Waals surface area contributed by atoms with Crippen LogP contribution >= 0.6 is 12.2 Å². The lowest BCUT2D eigenvalue weighted by Crippen LogP contribution is -2.43. The lowest BCUT2D eigenvalue weighted by molar-refractivity contribution is 0.292.